The van der Waals surface area contributed by atoms with Crippen molar-refractivity contribution >= 4 is 22.6 Å². The monoisotopic (exact) mass is 409 g/mol. The number of aromatic nitrogens is 1. The highest BCUT2D eigenvalue weighted by molar-refractivity contribution is 6.03. The molecule has 30 heavy (non-hydrogen) atoms. The Morgan fingerprint density at radius 1 is 1.17 bits per heavy atom. The van der Waals surface area contributed by atoms with Crippen LogP contribution in [0.25, 0.3) is 10.8 Å². The first kappa shape index (κ1) is 19.3. The standard InChI is InChI=1S/C23H27N3O4/c27-20-18-5-8-24-14-16(18)3-4-19(20)21(28)26-11-6-23(7-12-26)13-17(30-22(23)29)15-25-9-1-2-10-25/h3-5,8,14,17,27H,1-2,6-7,9-13,15H2. The summed E-state index contributed by atoms with van der Waals surface area (Å²) in [5, 5.41) is 12.0. The molecule has 1 atom stereocenters. The topological polar surface area (TPSA) is 83.0 Å². The Balaban J connectivity index is 1.26. The van der Waals surface area contributed by atoms with Crippen LogP contribution in [-0.2, 0) is 9.53 Å². The molecular formula is C23H27N3O4. The third-order valence-electron chi connectivity index (χ3n) is 7.02. The fourth-order valence-corrected chi connectivity index (χ4v) is 5.23. The van der Waals surface area contributed by atoms with E-state index in [0.717, 1.165) is 31.4 Å². The van der Waals surface area contributed by atoms with Crippen LogP contribution in [0.3, 0.4) is 0 Å². The summed E-state index contributed by atoms with van der Waals surface area (Å²) >= 11 is 0. The zero-order chi connectivity index (χ0) is 20.7. The average molecular weight is 409 g/mol. The van der Waals surface area contributed by atoms with E-state index in [9.17, 15) is 14.7 Å². The van der Waals surface area contributed by atoms with Gasteiger partial charge in [0.2, 0.25) is 0 Å². The Labute approximate surface area is 175 Å². The SMILES string of the molecule is O=C(c1ccc2cnccc2c1O)N1CCC2(CC1)CC(CN1CCCC1)OC2=O. The molecule has 3 aliphatic rings. The van der Waals surface area contributed by atoms with Crippen LogP contribution in [0, 0.1) is 5.41 Å². The molecule has 0 saturated carbocycles. The summed E-state index contributed by atoms with van der Waals surface area (Å²) in [5.41, 5.74) is -0.163. The van der Waals surface area contributed by atoms with E-state index in [2.05, 4.69) is 9.88 Å². The van der Waals surface area contributed by atoms with Crippen molar-refractivity contribution in [1.29, 1.82) is 0 Å². The maximum Gasteiger partial charge on any atom is 0.312 e. The number of phenols is 1. The number of rotatable bonds is 3. The number of carbonyl (C=O) groups excluding carboxylic acids is 2. The number of fused-ring (bicyclic) bond motifs is 1. The molecule has 2 aromatic rings. The van der Waals surface area contributed by atoms with Gasteiger partial charge in [-0.15, -0.1) is 0 Å². The van der Waals surface area contributed by atoms with Gasteiger partial charge < -0.3 is 14.7 Å². The van der Waals surface area contributed by atoms with Crippen LogP contribution in [0.4, 0.5) is 0 Å². The lowest BCUT2D eigenvalue weighted by molar-refractivity contribution is -0.150. The molecule has 1 unspecified atom stereocenters. The molecule has 3 saturated heterocycles. The molecule has 7 heteroatoms. The Kier molecular flexibility index (Phi) is 4.85. The summed E-state index contributed by atoms with van der Waals surface area (Å²) in [6.07, 6.45) is 7.67. The van der Waals surface area contributed by atoms with Gasteiger partial charge in [0, 0.05) is 49.2 Å². The van der Waals surface area contributed by atoms with Crippen molar-refractivity contribution in [1.82, 2.24) is 14.8 Å². The number of carbonyl (C=O) groups is 2. The molecule has 0 radical (unpaired) electrons. The zero-order valence-corrected chi connectivity index (χ0v) is 17.0. The van der Waals surface area contributed by atoms with Gasteiger partial charge in [0.25, 0.3) is 5.91 Å². The zero-order valence-electron chi connectivity index (χ0n) is 17.0. The molecule has 1 aromatic heterocycles. The maximum atomic E-state index is 13.1. The number of aromatic hydroxyl groups is 1. The van der Waals surface area contributed by atoms with E-state index in [-0.39, 0.29) is 23.7 Å². The van der Waals surface area contributed by atoms with Crippen LogP contribution in [0.15, 0.2) is 30.6 Å². The number of benzene rings is 1. The molecule has 3 fully saturated rings. The van der Waals surface area contributed by atoms with Crippen molar-refractivity contribution in [3.8, 4) is 5.75 Å². The van der Waals surface area contributed by atoms with Crippen LogP contribution < -0.4 is 0 Å². The van der Waals surface area contributed by atoms with E-state index in [1.807, 2.05) is 0 Å². The van der Waals surface area contributed by atoms with Crippen LogP contribution >= 0.6 is 0 Å². The van der Waals surface area contributed by atoms with E-state index >= 15 is 0 Å². The van der Waals surface area contributed by atoms with E-state index in [0.29, 0.717) is 36.9 Å². The number of hydrogen-bond acceptors (Lipinski definition) is 6. The molecule has 1 spiro atoms. The number of likely N-dealkylation sites (tertiary alicyclic amines) is 2. The highest BCUT2D eigenvalue weighted by Crippen LogP contribution is 2.44. The molecule has 3 aliphatic heterocycles. The second-order valence-electron chi connectivity index (χ2n) is 8.87. The van der Waals surface area contributed by atoms with Crippen molar-refractivity contribution in [3.05, 3.63) is 36.2 Å². The predicted octanol–water partition coefficient (Wildman–Crippen LogP) is 2.57. The third-order valence-corrected chi connectivity index (χ3v) is 7.02. The number of pyridine rings is 1. The van der Waals surface area contributed by atoms with Crippen molar-refractivity contribution in [2.75, 3.05) is 32.7 Å². The number of phenolic OH excluding ortho intramolecular Hbond substituents is 1. The first-order valence-electron chi connectivity index (χ1n) is 10.8. The van der Waals surface area contributed by atoms with Gasteiger partial charge in [-0.1, -0.05) is 6.07 Å². The average Bonchev–Trinajstić information content (AvgIpc) is 3.37. The van der Waals surface area contributed by atoms with Gasteiger partial charge in [0.15, 0.2) is 0 Å². The molecule has 5 rings (SSSR count). The summed E-state index contributed by atoms with van der Waals surface area (Å²) in [7, 11) is 0. The van der Waals surface area contributed by atoms with Gasteiger partial charge in [-0.05, 0) is 50.9 Å². The summed E-state index contributed by atoms with van der Waals surface area (Å²) in [5.74, 6) is -0.299. The van der Waals surface area contributed by atoms with E-state index in [4.69, 9.17) is 4.74 Å². The number of piperidine rings is 1. The number of cyclic esters (lactones) is 1. The number of esters is 1. The molecule has 158 valence electrons. The van der Waals surface area contributed by atoms with Crippen LogP contribution in [-0.4, -0.2) is 70.6 Å². The van der Waals surface area contributed by atoms with Gasteiger partial charge >= 0.3 is 5.97 Å². The van der Waals surface area contributed by atoms with Gasteiger partial charge in [0.05, 0.1) is 11.0 Å². The van der Waals surface area contributed by atoms with Crippen molar-refractivity contribution in [2.45, 2.75) is 38.2 Å². The minimum atomic E-state index is -0.460. The molecule has 0 aliphatic carbocycles. The lowest BCUT2D eigenvalue weighted by atomic mass is 9.76. The maximum absolute atomic E-state index is 13.1. The lowest BCUT2D eigenvalue weighted by Crippen LogP contribution is -2.45. The highest BCUT2D eigenvalue weighted by Gasteiger charge is 2.51. The van der Waals surface area contributed by atoms with Gasteiger partial charge in [-0.25, -0.2) is 0 Å². The largest absolute Gasteiger partial charge is 0.506 e. The van der Waals surface area contributed by atoms with Gasteiger partial charge in [0.1, 0.15) is 11.9 Å². The Hall–Kier alpha value is -2.67. The molecule has 0 bridgehead atoms. The predicted molar refractivity (Wildman–Crippen MR) is 111 cm³/mol. The normalized spacial score (nSPS) is 23.9. The van der Waals surface area contributed by atoms with Crippen molar-refractivity contribution < 1.29 is 19.4 Å². The van der Waals surface area contributed by atoms with E-state index in [1.165, 1.54) is 12.8 Å². The van der Waals surface area contributed by atoms with Gasteiger partial charge in [-0.3, -0.25) is 19.5 Å². The van der Waals surface area contributed by atoms with E-state index in [1.54, 1.807) is 35.5 Å². The minimum absolute atomic E-state index is 0.00820. The molecule has 7 nitrogen and oxygen atoms in total. The molecule has 1 amide bonds. The minimum Gasteiger partial charge on any atom is -0.506 e. The fraction of sp³-hybridized carbons (Fsp3) is 0.522. The summed E-state index contributed by atoms with van der Waals surface area (Å²) in [6, 6.07) is 5.17. The molecule has 4 heterocycles. The van der Waals surface area contributed by atoms with Crippen molar-refractivity contribution in [3.63, 3.8) is 0 Å². The van der Waals surface area contributed by atoms with Crippen LogP contribution in [0.1, 0.15) is 42.5 Å². The smallest absolute Gasteiger partial charge is 0.312 e. The number of ether oxygens (including phenoxy) is 1. The highest BCUT2D eigenvalue weighted by atomic mass is 16.6. The Morgan fingerprint density at radius 3 is 2.70 bits per heavy atom. The first-order chi connectivity index (χ1) is 14.6. The van der Waals surface area contributed by atoms with Crippen molar-refractivity contribution in [2.24, 2.45) is 5.41 Å². The molecule has 1 N–H and O–H groups in total. The molecular weight excluding hydrogens is 382 g/mol. The number of amides is 1. The summed E-state index contributed by atoms with van der Waals surface area (Å²) in [4.78, 5) is 33.9. The van der Waals surface area contributed by atoms with Crippen LogP contribution in [0.5, 0.6) is 5.75 Å². The third kappa shape index (κ3) is 3.31. The second-order valence-corrected chi connectivity index (χ2v) is 8.87. The first-order valence-corrected chi connectivity index (χ1v) is 10.8. The number of nitrogens with zero attached hydrogens (tertiary/aromatic N) is 3. The molecule has 1 aromatic carbocycles. The summed E-state index contributed by atoms with van der Waals surface area (Å²) < 4.78 is 5.73. The summed E-state index contributed by atoms with van der Waals surface area (Å²) in [6.45, 7) is 4.01. The van der Waals surface area contributed by atoms with Crippen LogP contribution in [0.2, 0.25) is 0 Å². The lowest BCUT2D eigenvalue weighted by Gasteiger charge is -2.36. The van der Waals surface area contributed by atoms with Gasteiger partial charge in [-0.2, -0.15) is 0 Å². The fourth-order valence-electron chi connectivity index (χ4n) is 5.23. The Morgan fingerprint density at radius 2 is 1.93 bits per heavy atom. The Bertz CT molecular complexity index is 978. The quantitative estimate of drug-likeness (QED) is 0.785. The second kappa shape index (κ2) is 7.54. The van der Waals surface area contributed by atoms with E-state index < -0.39 is 5.41 Å². The number of hydrogen-bond donors (Lipinski definition) is 1.